The number of anilines is 2. The highest BCUT2D eigenvalue weighted by molar-refractivity contribution is 6.04. The van der Waals surface area contributed by atoms with E-state index in [0.29, 0.717) is 48.2 Å². The molecule has 8 rings (SSSR count). The van der Waals surface area contributed by atoms with Gasteiger partial charge in [0.1, 0.15) is 12.1 Å². The summed E-state index contributed by atoms with van der Waals surface area (Å²) in [7, 11) is 3.29. The van der Waals surface area contributed by atoms with Crippen molar-refractivity contribution in [1.29, 1.82) is 10.5 Å². The molecule has 2 aromatic carbocycles. The minimum atomic E-state index is -0.426. The molecule has 4 heterocycles. The van der Waals surface area contributed by atoms with Gasteiger partial charge in [0.05, 0.1) is 35.2 Å². The van der Waals surface area contributed by atoms with E-state index in [0.717, 1.165) is 48.2 Å². The molecule has 0 aliphatic heterocycles. The van der Waals surface area contributed by atoms with Crippen molar-refractivity contribution in [2.45, 2.75) is 51.4 Å². The molecule has 304 valence electrons. The Morgan fingerprint density at radius 2 is 0.950 bits per heavy atom. The molecule has 60 heavy (non-hydrogen) atoms. The molecule has 0 spiro atoms. The molecule has 6 aromatic rings. The quantitative estimate of drug-likeness (QED) is 0.108. The van der Waals surface area contributed by atoms with Gasteiger partial charge in [-0.3, -0.25) is 38.7 Å². The molecule has 4 aromatic heterocycles. The summed E-state index contributed by atoms with van der Waals surface area (Å²) in [4.78, 5) is 52.4. The molecule has 16 nitrogen and oxygen atoms in total. The van der Waals surface area contributed by atoms with Crippen molar-refractivity contribution in [2.75, 3.05) is 10.6 Å². The number of aryl methyl sites for hydroxylation is 2. The van der Waals surface area contributed by atoms with E-state index in [9.17, 15) is 29.7 Å². The maximum absolute atomic E-state index is 13.2. The molecule has 2 saturated carbocycles. The van der Waals surface area contributed by atoms with Crippen molar-refractivity contribution in [2.24, 2.45) is 37.8 Å². The monoisotopic (exact) mass is 804 g/mol. The number of rotatable bonds is 10. The summed E-state index contributed by atoms with van der Waals surface area (Å²) in [5, 5.41) is 45.9. The Morgan fingerprint density at radius 3 is 1.28 bits per heavy atom. The molecule has 4 atom stereocenters. The Balaban J connectivity index is 0.000000181. The molecule has 0 radical (unpaired) electrons. The van der Waals surface area contributed by atoms with Gasteiger partial charge in [0.2, 0.25) is 11.8 Å². The minimum Gasteiger partial charge on any atom is -0.322 e. The molecule has 0 saturated heterocycles. The Kier molecular flexibility index (Phi) is 12.5. The summed E-state index contributed by atoms with van der Waals surface area (Å²) in [5.41, 5.74) is 6.20. The van der Waals surface area contributed by atoms with Crippen LogP contribution in [0, 0.1) is 46.3 Å². The first kappa shape index (κ1) is 40.7. The highest BCUT2D eigenvalue weighted by Crippen LogP contribution is 2.36. The highest BCUT2D eigenvalue weighted by Gasteiger charge is 2.38. The summed E-state index contributed by atoms with van der Waals surface area (Å²) in [5.74, 6) is -2.10. The molecule has 4 unspecified atom stereocenters. The third-order valence-electron chi connectivity index (χ3n) is 11.4. The average molecular weight is 805 g/mol. The number of carbonyl (C=O) groups is 4. The van der Waals surface area contributed by atoms with Crippen LogP contribution in [0.2, 0.25) is 0 Å². The van der Waals surface area contributed by atoms with Crippen molar-refractivity contribution < 1.29 is 19.2 Å². The SMILES string of the molecule is Cn1ncc(NC(=O)C2CCCCC2C(=O)c2ccc(-c3ccn[nH]3)cc2)c1C#N.Cn1ncc(NC(=O)C2CCCCC2C(=O)c2ccc(-c3ccn[nH]3)cc2)c1C#N. The molecule has 16 heteroatoms. The van der Waals surface area contributed by atoms with Crippen LogP contribution in [0.3, 0.4) is 0 Å². The lowest BCUT2D eigenvalue weighted by Gasteiger charge is -2.29. The number of nitrogens with zero attached hydrogens (tertiary/aromatic N) is 8. The van der Waals surface area contributed by atoms with Gasteiger partial charge >= 0.3 is 0 Å². The Labute approximate surface area is 346 Å². The van der Waals surface area contributed by atoms with Crippen LogP contribution in [0.4, 0.5) is 11.4 Å². The minimum absolute atomic E-state index is 0.0160. The lowest BCUT2D eigenvalue weighted by molar-refractivity contribution is -0.122. The number of nitriles is 2. The smallest absolute Gasteiger partial charge is 0.228 e. The summed E-state index contributed by atoms with van der Waals surface area (Å²) < 4.78 is 2.83. The van der Waals surface area contributed by atoms with Crippen molar-refractivity contribution in [3.8, 4) is 34.7 Å². The zero-order chi connectivity index (χ0) is 42.2. The fraction of sp³-hybridized carbons (Fsp3) is 0.318. The van der Waals surface area contributed by atoms with Crippen LogP contribution in [0.25, 0.3) is 22.5 Å². The van der Waals surface area contributed by atoms with E-state index in [2.05, 4.69) is 41.2 Å². The van der Waals surface area contributed by atoms with Crippen LogP contribution in [0.5, 0.6) is 0 Å². The van der Waals surface area contributed by atoms with Crippen LogP contribution in [0.1, 0.15) is 83.5 Å². The number of hydrogen-bond acceptors (Lipinski definition) is 10. The van der Waals surface area contributed by atoms with E-state index in [1.165, 1.54) is 21.8 Å². The highest BCUT2D eigenvalue weighted by atomic mass is 16.2. The third-order valence-corrected chi connectivity index (χ3v) is 11.4. The second kappa shape index (κ2) is 18.4. The first-order valence-electron chi connectivity index (χ1n) is 19.9. The number of ketones is 2. The normalized spacial score (nSPS) is 18.5. The van der Waals surface area contributed by atoms with Gasteiger partial charge in [0.15, 0.2) is 23.0 Å². The van der Waals surface area contributed by atoms with Gasteiger partial charge in [-0.25, -0.2) is 0 Å². The van der Waals surface area contributed by atoms with Crippen LogP contribution >= 0.6 is 0 Å². The first-order chi connectivity index (χ1) is 29.2. The largest absolute Gasteiger partial charge is 0.322 e. The Hall–Kier alpha value is -7.46. The zero-order valence-corrected chi connectivity index (χ0v) is 33.3. The second-order valence-electron chi connectivity index (χ2n) is 15.1. The number of benzene rings is 2. The van der Waals surface area contributed by atoms with Crippen LogP contribution < -0.4 is 10.6 Å². The van der Waals surface area contributed by atoms with Gasteiger partial charge in [-0.2, -0.15) is 30.9 Å². The van der Waals surface area contributed by atoms with Crippen molar-refractivity contribution in [1.82, 2.24) is 40.0 Å². The Morgan fingerprint density at radius 1 is 0.583 bits per heavy atom. The standard InChI is InChI=1S/2C22H22N6O2/c2*1-28-20(12-23)19(13-25-28)26-22(30)17-5-3-2-4-16(17)21(29)15-8-6-14(7-9-15)18-10-11-24-27-18/h2*6-11,13,16-17H,2-5H2,1H3,(H,24,27)(H,26,30). The van der Waals surface area contributed by atoms with E-state index in [1.807, 2.05) is 48.5 Å². The summed E-state index contributed by atoms with van der Waals surface area (Å²) in [6, 6.07) is 22.6. The van der Waals surface area contributed by atoms with Gasteiger partial charge in [-0.15, -0.1) is 0 Å². The maximum atomic E-state index is 13.2. The molecular weight excluding hydrogens is 761 g/mol. The molecule has 2 amide bonds. The lowest BCUT2D eigenvalue weighted by Crippen LogP contribution is -2.36. The van der Waals surface area contributed by atoms with Gasteiger partial charge in [-0.05, 0) is 48.9 Å². The van der Waals surface area contributed by atoms with Crippen molar-refractivity contribution in [3.05, 3.63) is 108 Å². The molecule has 4 N–H and O–H groups in total. The zero-order valence-electron chi connectivity index (χ0n) is 33.3. The van der Waals surface area contributed by atoms with E-state index in [1.54, 1.807) is 50.8 Å². The van der Waals surface area contributed by atoms with Crippen molar-refractivity contribution in [3.63, 3.8) is 0 Å². The van der Waals surface area contributed by atoms with Crippen LogP contribution in [-0.2, 0) is 23.7 Å². The number of amides is 2. The number of carbonyl (C=O) groups excluding carboxylic acids is 4. The fourth-order valence-corrected chi connectivity index (χ4v) is 8.18. The summed E-state index contributed by atoms with van der Waals surface area (Å²) >= 11 is 0. The predicted molar refractivity (Wildman–Crippen MR) is 221 cm³/mol. The van der Waals surface area contributed by atoms with Gasteiger partial charge in [-0.1, -0.05) is 74.2 Å². The molecule has 2 aliphatic rings. The van der Waals surface area contributed by atoms with Crippen LogP contribution in [0.15, 0.2) is 85.5 Å². The fourth-order valence-electron chi connectivity index (χ4n) is 8.18. The number of aromatic nitrogens is 8. The maximum Gasteiger partial charge on any atom is 0.228 e. The van der Waals surface area contributed by atoms with E-state index in [4.69, 9.17) is 0 Å². The summed E-state index contributed by atoms with van der Waals surface area (Å²) in [6.07, 6.45) is 12.6. The second-order valence-corrected chi connectivity index (χ2v) is 15.1. The van der Waals surface area contributed by atoms with Gasteiger partial charge in [0.25, 0.3) is 0 Å². The number of nitrogens with one attached hydrogen (secondary N) is 4. The molecule has 2 aliphatic carbocycles. The molecular formula is C44H44N12O4. The third kappa shape index (κ3) is 8.83. The first-order valence-corrected chi connectivity index (χ1v) is 19.9. The van der Waals surface area contributed by atoms with E-state index in [-0.39, 0.29) is 46.6 Å². The van der Waals surface area contributed by atoms with Crippen LogP contribution in [-0.4, -0.2) is 63.3 Å². The van der Waals surface area contributed by atoms with Gasteiger partial charge in [0, 0.05) is 61.3 Å². The lowest BCUT2D eigenvalue weighted by atomic mass is 9.75. The van der Waals surface area contributed by atoms with E-state index < -0.39 is 11.8 Å². The number of hydrogen-bond donors (Lipinski definition) is 4. The summed E-state index contributed by atoms with van der Waals surface area (Å²) in [6.45, 7) is 0. The van der Waals surface area contributed by atoms with Gasteiger partial charge < -0.3 is 10.6 Å². The average Bonchev–Trinajstić information content (AvgIpc) is 4.13. The Bertz CT molecular complexity index is 2360. The molecule has 0 bridgehead atoms. The van der Waals surface area contributed by atoms with E-state index >= 15 is 0 Å². The predicted octanol–water partition coefficient (Wildman–Crippen LogP) is 6.62. The topological polar surface area (TPSA) is 233 Å². The molecule has 2 fully saturated rings. The number of Topliss-reactive ketones (excluding diaryl/α,β-unsaturated/α-hetero) is 2. The number of aromatic amines is 2. The van der Waals surface area contributed by atoms with Crippen molar-refractivity contribution >= 4 is 34.8 Å². The number of H-pyrrole nitrogens is 2.